The van der Waals surface area contributed by atoms with Crippen molar-refractivity contribution in [1.82, 2.24) is 10.9 Å². The Hall–Kier alpha value is -2.05. The van der Waals surface area contributed by atoms with Crippen LogP contribution in [-0.2, 0) is 0 Å². The molecule has 1 aromatic rings. The number of amidine groups is 2. The van der Waals surface area contributed by atoms with E-state index < -0.39 is 12.0 Å². The monoisotopic (exact) mass is 228 g/mol. The molecule has 4 nitrogen and oxygen atoms in total. The fourth-order valence-electron chi connectivity index (χ4n) is 1.12. The number of halogens is 3. The first-order chi connectivity index (χ1) is 7.57. The van der Waals surface area contributed by atoms with Gasteiger partial charge in [0.2, 0.25) is 5.84 Å². The first kappa shape index (κ1) is 10.5. The van der Waals surface area contributed by atoms with Crippen LogP contribution in [0.25, 0.3) is 0 Å². The smallest absolute Gasteiger partial charge is 0.257 e. The van der Waals surface area contributed by atoms with Crippen LogP contribution < -0.4 is 10.9 Å². The summed E-state index contributed by atoms with van der Waals surface area (Å²) in [5.74, 6) is -0.916. The van der Waals surface area contributed by atoms with E-state index in [2.05, 4.69) is 15.6 Å². The molecule has 0 aromatic heterocycles. The highest BCUT2D eigenvalue weighted by molar-refractivity contribution is 6.02. The van der Waals surface area contributed by atoms with Gasteiger partial charge < -0.3 is 0 Å². The van der Waals surface area contributed by atoms with E-state index >= 15 is 0 Å². The Bertz CT molecular complexity index is 436. The minimum Gasteiger partial charge on any atom is -0.257 e. The Morgan fingerprint density at radius 2 is 1.62 bits per heavy atom. The molecule has 7 heteroatoms. The van der Waals surface area contributed by atoms with Gasteiger partial charge in [-0.15, -0.1) is 5.10 Å². The zero-order valence-electron chi connectivity index (χ0n) is 7.92. The average molecular weight is 228 g/mol. The number of hydrazone groups is 2. The van der Waals surface area contributed by atoms with Crippen molar-refractivity contribution >= 4 is 11.7 Å². The van der Waals surface area contributed by atoms with Crippen LogP contribution in [0.4, 0.5) is 13.2 Å². The van der Waals surface area contributed by atoms with Crippen LogP contribution in [-0.4, -0.2) is 17.8 Å². The molecule has 2 N–H and O–H groups in total. The largest absolute Gasteiger partial charge is 0.452 e. The van der Waals surface area contributed by atoms with Gasteiger partial charge in [-0.25, -0.2) is 0 Å². The maximum atomic E-state index is 12.2. The van der Waals surface area contributed by atoms with E-state index in [-0.39, 0.29) is 5.84 Å². The standard InChI is InChI=1S/C9H7F3N4/c10-9(11,12)8-15-13-7(14-16-8)6-4-2-1-3-5-6/h1-5H,(H,13,14)(H,15,16). The molecular weight excluding hydrogens is 221 g/mol. The second kappa shape index (κ2) is 3.84. The second-order valence-corrected chi connectivity index (χ2v) is 3.01. The van der Waals surface area contributed by atoms with Gasteiger partial charge in [-0.2, -0.15) is 18.3 Å². The lowest BCUT2D eigenvalue weighted by atomic mass is 10.2. The summed E-state index contributed by atoms with van der Waals surface area (Å²) >= 11 is 0. The van der Waals surface area contributed by atoms with E-state index in [0.29, 0.717) is 5.56 Å². The molecule has 0 amide bonds. The van der Waals surface area contributed by atoms with Gasteiger partial charge in [-0.05, 0) is 0 Å². The van der Waals surface area contributed by atoms with Gasteiger partial charge in [0.05, 0.1) is 0 Å². The van der Waals surface area contributed by atoms with Gasteiger partial charge in [0.15, 0.2) is 5.84 Å². The maximum absolute atomic E-state index is 12.2. The maximum Gasteiger partial charge on any atom is 0.452 e. The summed E-state index contributed by atoms with van der Waals surface area (Å²) in [5.41, 5.74) is 4.76. The number of hydrogen-bond donors (Lipinski definition) is 2. The van der Waals surface area contributed by atoms with Crippen molar-refractivity contribution in [2.24, 2.45) is 10.2 Å². The minimum absolute atomic E-state index is 0.244. The van der Waals surface area contributed by atoms with Crippen LogP contribution in [0.2, 0.25) is 0 Å². The van der Waals surface area contributed by atoms with Crippen molar-refractivity contribution < 1.29 is 13.2 Å². The third kappa shape index (κ3) is 2.13. The molecule has 1 aromatic carbocycles. The lowest BCUT2D eigenvalue weighted by molar-refractivity contribution is -0.0623. The van der Waals surface area contributed by atoms with Crippen molar-refractivity contribution in [3.8, 4) is 0 Å². The van der Waals surface area contributed by atoms with Gasteiger partial charge in [0, 0.05) is 5.56 Å². The molecule has 0 saturated heterocycles. The molecule has 0 fully saturated rings. The number of rotatable bonds is 1. The van der Waals surface area contributed by atoms with Crippen molar-refractivity contribution in [2.45, 2.75) is 6.18 Å². The predicted molar refractivity (Wildman–Crippen MR) is 52.7 cm³/mol. The number of hydrogen-bond acceptors (Lipinski definition) is 4. The molecular formula is C9H7F3N4. The Morgan fingerprint density at radius 1 is 0.938 bits per heavy atom. The van der Waals surface area contributed by atoms with Crippen LogP contribution in [0.3, 0.4) is 0 Å². The van der Waals surface area contributed by atoms with E-state index in [0.717, 1.165) is 0 Å². The molecule has 0 spiro atoms. The number of alkyl halides is 3. The summed E-state index contributed by atoms with van der Waals surface area (Å²) in [7, 11) is 0. The minimum atomic E-state index is -4.53. The van der Waals surface area contributed by atoms with Crippen LogP contribution >= 0.6 is 0 Å². The molecule has 1 aliphatic heterocycles. The fraction of sp³-hybridized carbons (Fsp3) is 0.111. The van der Waals surface area contributed by atoms with E-state index in [4.69, 9.17) is 0 Å². The molecule has 1 aliphatic rings. The van der Waals surface area contributed by atoms with E-state index in [1.165, 1.54) is 0 Å². The van der Waals surface area contributed by atoms with Gasteiger partial charge in [0.1, 0.15) is 0 Å². The summed E-state index contributed by atoms with van der Waals surface area (Å²) in [6.07, 6.45) is -4.53. The first-order valence-corrected chi connectivity index (χ1v) is 4.37. The topological polar surface area (TPSA) is 48.8 Å². The Kier molecular flexibility index (Phi) is 2.51. The summed E-state index contributed by atoms with van der Waals surface area (Å²) in [5, 5.41) is 6.71. The first-order valence-electron chi connectivity index (χ1n) is 4.37. The van der Waals surface area contributed by atoms with Crippen molar-refractivity contribution in [3.05, 3.63) is 35.9 Å². The Labute approximate surface area is 88.8 Å². The van der Waals surface area contributed by atoms with Crippen LogP contribution in [0.1, 0.15) is 5.56 Å². The highest BCUT2D eigenvalue weighted by Gasteiger charge is 2.37. The van der Waals surface area contributed by atoms with Crippen LogP contribution in [0, 0.1) is 0 Å². The van der Waals surface area contributed by atoms with Crippen molar-refractivity contribution in [3.63, 3.8) is 0 Å². The van der Waals surface area contributed by atoms with E-state index in [1.807, 2.05) is 5.43 Å². The lowest BCUT2D eigenvalue weighted by Gasteiger charge is -2.16. The quantitative estimate of drug-likeness (QED) is 0.763. The third-order valence-electron chi connectivity index (χ3n) is 1.86. The number of nitrogens with zero attached hydrogens (tertiary/aromatic N) is 2. The molecule has 0 atom stereocenters. The lowest BCUT2D eigenvalue weighted by Crippen LogP contribution is -2.42. The fourth-order valence-corrected chi connectivity index (χ4v) is 1.12. The molecule has 1 heterocycles. The normalized spacial score (nSPS) is 15.7. The average Bonchev–Trinajstić information content (AvgIpc) is 2.29. The van der Waals surface area contributed by atoms with Gasteiger partial charge in [-0.1, -0.05) is 30.3 Å². The van der Waals surface area contributed by atoms with Gasteiger partial charge >= 0.3 is 6.18 Å². The summed E-state index contributed by atoms with van der Waals surface area (Å²) in [6.45, 7) is 0. The SMILES string of the molecule is FC(F)(F)C1=NNC(c2ccccc2)=NN1. The molecule has 0 radical (unpaired) electrons. The van der Waals surface area contributed by atoms with Gasteiger partial charge in [0.25, 0.3) is 0 Å². The predicted octanol–water partition coefficient (Wildman–Crippen LogP) is 1.42. The molecule has 0 saturated carbocycles. The van der Waals surface area contributed by atoms with E-state index in [9.17, 15) is 13.2 Å². The van der Waals surface area contributed by atoms with Gasteiger partial charge in [-0.3, -0.25) is 10.9 Å². The third-order valence-corrected chi connectivity index (χ3v) is 1.86. The van der Waals surface area contributed by atoms with Crippen molar-refractivity contribution in [1.29, 1.82) is 0 Å². The van der Waals surface area contributed by atoms with Crippen LogP contribution in [0.15, 0.2) is 40.5 Å². The highest BCUT2D eigenvalue weighted by Crippen LogP contribution is 2.16. The zero-order valence-corrected chi connectivity index (χ0v) is 7.92. The molecule has 2 rings (SSSR count). The van der Waals surface area contributed by atoms with E-state index in [1.54, 1.807) is 30.3 Å². The Morgan fingerprint density at radius 3 is 2.12 bits per heavy atom. The van der Waals surface area contributed by atoms with Crippen LogP contribution in [0.5, 0.6) is 0 Å². The zero-order chi connectivity index (χ0) is 11.6. The second-order valence-electron chi connectivity index (χ2n) is 3.01. The number of nitrogens with one attached hydrogen (secondary N) is 2. The Balaban J connectivity index is 2.13. The summed E-state index contributed by atoms with van der Waals surface area (Å²) < 4.78 is 36.5. The molecule has 16 heavy (non-hydrogen) atoms. The molecule has 0 bridgehead atoms. The number of benzene rings is 1. The molecule has 0 unspecified atom stereocenters. The summed E-state index contributed by atoms with van der Waals surface area (Å²) in [6, 6.07) is 8.72. The molecule has 84 valence electrons. The summed E-state index contributed by atoms with van der Waals surface area (Å²) in [4.78, 5) is 0. The highest BCUT2D eigenvalue weighted by atomic mass is 19.4. The molecule has 0 aliphatic carbocycles. The van der Waals surface area contributed by atoms with Crippen molar-refractivity contribution in [2.75, 3.05) is 0 Å².